The van der Waals surface area contributed by atoms with Crippen molar-refractivity contribution in [2.45, 2.75) is 12.2 Å². The van der Waals surface area contributed by atoms with Crippen molar-refractivity contribution >= 4 is 23.1 Å². The highest BCUT2D eigenvalue weighted by Crippen LogP contribution is 2.42. The minimum absolute atomic E-state index is 0.201. The first-order valence-electron chi connectivity index (χ1n) is 10.1. The lowest BCUT2D eigenvalue weighted by atomic mass is 10.3. The number of benzene rings is 3. The first-order valence-corrected chi connectivity index (χ1v) is 11.8. The zero-order chi connectivity index (χ0) is 20.4. The molecule has 5 nitrogen and oxygen atoms in total. The summed E-state index contributed by atoms with van der Waals surface area (Å²) in [5.41, 5.74) is 0. The van der Waals surface area contributed by atoms with E-state index in [2.05, 4.69) is 0 Å². The van der Waals surface area contributed by atoms with Crippen LogP contribution in [0, 0.1) is 0 Å². The molecule has 0 radical (unpaired) electrons. The lowest BCUT2D eigenvalue weighted by Crippen LogP contribution is -2.25. The number of epoxide rings is 2. The molecule has 0 saturated carbocycles. The first-order chi connectivity index (χ1) is 14.7. The maximum atomic E-state index is 14.5. The third-order valence-electron chi connectivity index (χ3n) is 5.20. The summed E-state index contributed by atoms with van der Waals surface area (Å²) in [5, 5.41) is 2.33. The Labute approximate surface area is 175 Å². The van der Waals surface area contributed by atoms with E-state index in [1.165, 1.54) is 0 Å². The number of rotatable bonds is 9. The summed E-state index contributed by atoms with van der Waals surface area (Å²) in [6.07, 6.45) is 0.402. The molecule has 0 aromatic heterocycles. The van der Waals surface area contributed by atoms with Crippen molar-refractivity contribution in [2.24, 2.45) is 0 Å². The topological polar surface area (TPSA) is 60.6 Å². The monoisotopic (exact) mass is 422 g/mol. The molecule has 2 atom stereocenters. The average molecular weight is 422 g/mol. The van der Waals surface area contributed by atoms with Crippen LogP contribution in [-0.2, 0) is 14.0 Å². The Morgan fingerprint density at radius 2 is 1.07 bits per heavy atom. The molecule has 2 unspecified atom stereocenters. The lowest BCUT2D eigenvalue weighted by molar-refractivity contribution is 0.263. The average Bonchev–Trinajstić information content (AvgIpc) is 3.72. The van der Waals surface area contributed by atoms with Gasteiger partial charge in [-0.15, -0.1) is 0 Å². The first kappa shape index (κ1) is 19.4. The number of hydrogen-bond donors (Lipinski definition) is 0. The summed E-state index contributed by atoms with van der Waals surface area (Å²) in [4.78, 5) is 0. The summed E-state index contributed by atoms with van der Waals surface area (Å²) < 4.78 is 36.3. The quantitative estimate of drug-likeness (QED) is 0.392. The molecule has 2 heterocycles. The largest absolute Gasteiger partial charge is 0.491 e. The van der Waals surface area contributed by atoms with Crippen LogP contribution in [0.1, 0.15) is 0 Å². The van der Waals surface area contributed by atoms with Gasteiger partial charge in [-0.1, -0.05) is 30.3 Å². The van der Waals surface area contributed by atoms with E-state index in [1.54, 1.807) is 0 Å². The highest BCUT2D eigenvalue weighted by atomic mass is 31.2. The summed E-state index contributed by atoms with van der Waals surface area (Å²) in [6.45, 7) is 2.61. The molecule has 3 aromatic carbocycles. The van der Waals surface area contributed by atoms with Crippen LogP contribution in [0.15, 0.2) is 78.9 Å². The Morgan fingerprint density at radius 1 is 0.667 bits per heavy atom. The second-order valence-corrected chi connectivity index (χ2v) is 10.2. The minimum Gasteiger partial charge on any atom is -0.491 e. The highest BCUT2D eigenvalue weighted by Gasteiger charge is 2.30. The van der Waals surface area contributed by atoms with E-state index in [1.807, 2.05) is 78.9 Å². The molecule has 5 rings (SSSR count). The SMILES string of the molecule is O=P(c1ccccc1)(c1ccc(OCC2CO2)cc1)c1ccc(OCC2CO2)cc1. The van der Waals surface area contributed by atoms with Crippen LogP contribution in [0.3, 0.4) is 0 Å². The van der Waals surface area contributed by atoms with Crippen molar-refractivity contribution in [3.63, 3.8) is 0 Å². The zero-order valence-electron chi connectivity index (χ0n) is 16.5. The summed E-state index contributed by atoms with van der Waals surface area (Å²) in [7, 11) is -3.03. The fourth-order valence-corrected chi connectivity index (χ4v) is 5.92. The predicted molar refractivity (Wildman–Crippen MR) is 116 cm³/mol. The van der Waals surface area contributed by atoms with Crippen LogP contribution in [0.2, 0.25) is 0 Å². The van der Waals surface area contributed by atoms with Gasteiger partial charge in [0.1, 0.15) is 36.9 Å². The van der Waals surface area contributed by atoms with E-state index in [0.717, 1.165) is 40.6 Å². The Bertz CT molecular complexity index is 962. The zero-order valence-corrected chi connectivity index (χ0v) is 17.4. The molecule has 6 heteroatoms. The molecule has 3 aromatic rings. The van der Waals surface area contributed by atoms with Crippen LogP contribution in [0.4, 0.5) is 0 Å². The van der Waals surface area contributed by atoms with Gasteiger partial charge in [0.15, 0.2) is 7.14 Å². The number of hydrogen-bond acceptors (Lipinski definition) is 5. The van der Waals surface area contributed by atoms with Crippen LogP contribution in [-0.4, -0.2) is 38.6 Å². The van der Waals surface area contributed by atoms with Gasteiger partial charge in [-0.2, -0.15) is 0 Å². The fraction of sp³-hybridized carbons (Fsp3) is 0.250. The molecule has 2 saturated heterocycles. The van der Waals surface area contributed by atoms with Crippen molar-refractivity contribution in [3.8, 4) is 11.5 Å². The maximum absolute atomic E-state index is 14.5. The minimum atomic E-state index is -3.03. The van der Waals surface area contributed by atoms with Gasteiger partial charge in [0.05, 0.1) is 13.2 Å². The van der Waals surface area contributed by atoms with Gasteiger partial charge >= 0.3 is 0 Å². The molecule has 0 amide bonds. The van der Waals surface area contributed by atoms with E-state index in [4.69, 9.17) is 18.9 Å². The van der Waals surface area contributed by atoms with Gasteiger partial charge in [-0.05, 0) is 48.5 Å². The van der Waals surface area contributed by atoms with E-state index in [9.17, 15) is 4.57 Å². The van der Waals surface area contributed by atoms with Crippen molar-refractivity contribution in [2.75, 3.05) is 26.4 Å². The highest BCUT2D eigenvalue weighted by molar-refractivity contribution is 7.85. The molecule has 0 N–H and O–H groups in total. The summed E-state index contributed by atoms with van der Waals surface area (Å²) >= 11 is 0. The predicted octanol–water partition coefficient (Wildman–Crippen LogP) is 2.88. The standard InChI is InChI=1S/C24H23O5P/c25-30(22-4-2-1-3-5-22,23-10-6-18(7-11-23)26-14-20-16-28-20)24-12-8-19(9-13-24)27-15-21-17-29-21/h1-13,20-21H,14-17H2. The molecule has 2 fully saturated rings. The molecule has 0 spiro atoms. The van der Waals surface area contributed by atoms with E-state index < -0.39 is 7.14 Å². The molecular weight excluding hydrogens is 399 g/mol. The smallest absolute Gasteiger partial charge is 0.171 e. The Kier molecular flexibility index (Phi) is 5.34. The number of ether oxygens (including phenoxy) is 4. The second-order valence-electron chi connectivity index (χ2n) is 7.47. The van der Waals surface area contributed by atoms with Gasteiger partial charge in [-0.25, -0.2) is 0 Å². The molecule has 30 heavy (non-hydrogen) atoms. The summed E-state index contributed by atoms with van der Waals surface area (Å²) in [5.74, 6) is 1.50. The summed E-state index contributed by atoms with van der Waals surface area (Å²) in [6, 6.07) is 24.7. The van der Waals surface area contributed by atoms with Crippen LogP contribution in [0.25, 0.3) is 0 Å². The van der Waals surface area contributed by atoms with Crippen molar-refractivity contribution < 1.29 is 23.5 Å². The van der Waals surface area contributed by atoms with Crippen LogP contribution in [0.5, 0.6) is 11.5 Å². The Balaban J connectivity index is 1.44. The third-order valence-corrected chi connectivity index (χ3v) is 8.27. The van der Waals surface area contributed by atoms with E-state index in [-0.39, 0.29) is 12.2 Å². The Hall–Kier alpha value is -2.59. The third kappa shape index (κ3) is 4.29. The van der Waals surface area contributed by atoms with Gasteiger partial charge in [0.25, 0.3) is 0 Å². The molecule has 2 aliphatic heterocycles. The van der Waals surface area contributed by atoms with Crippen molar-refractivity contribution in [1.82, 2.24) is 0 Å². The molecule has 154 valence electrons. The van der Waals surface area contributed by atoms with Gasteiger partial charge in [0, 0.05) is 15.9 Å². The normalized spacial score (nSPS) is 21.5. The van der Waals surface area contributed by atoms with Gasteiger partial charge < -0.3 is 23.5 Å². The maximum Gasteiger partial charge on any atom is 0.171 e. The molecule has 0 aliphatic carbocycles. The van der Waals surface area contributed by atoms with Gasteiger partial charge in [-0.3, -0.25) is 0 Å². The fourth-order valence-electron chi connectivity index (χ4n) is 3.30. The second kappa shape index (κ2) is 8.27. The van der Waals surface area contributed by atoms with Crippen LogP contribution < -0.4 is 25.4 Å². The van der Waals surface area contributed by atoms with Crippen molar-refractivity contribution in [1.29, 1.82) is 0 Å². The molecule has 0 bridgehead atoms. The molecule has 2 aliphatic rings. The van der Waals surface area contributed by atoms with Gasteiger partial charge in [0.2, 0.25) is 0 Å². The Morgan fingerprint density at radius 3 is 1.47 bits per heavy atom. The van der Waals surface area contributed by atoms with E-state index >= 15 is 0 Å². The molecular formula is C24H23O5P. The van der Waals surface area contributed by atoms with Crippen molar-refractivity contribution in [3.05, 3.63) is 78.9 Å². The van der Waals surface area contributed by atoms with E-state index in [0.29, 0.717) is 13.2 Å². The van der Waals surface area contributed by atoms with Crippen LogP contribution >= 0.6 is 7.14 Å². The lowest BCUT2D eigenvalue weighted by Gasteiger charge is -2.20.